The van der Waals surface area contributed by atoms with Crippen LogP contribution in [0.25, 0.3) is 0 Å². The van der Waals surface area contributed by atoms with Crippen molar-refractivity contribution in [3.8, 4) is 0 Å². The molecular formula is C16H21ClINO. The number of amides is 1. The van der Waals surface area contributed by atoms with Gasteiger partial charge < -0.3 is 4.90 Å². The summed E-state index contributed by atoms with van der Waals surface area (Å²) in [4.78, 5) is 14.1. The normalized spacial score (nSPS) is 12.9. The third kappa shape index (κ3) is 6.75. The molecule has 110 valence electrons. The number of halogens is 2. The summed E-state index contributed by atoms with van der Waals surface area (Å²) in [6.45, 7) is 7.66. The summed E-state index contributed by atoms with van der Waals surface area (Å²) in [7, 11) is 0. The number of hydrogen-bond donors (Lipinski definition) is 0. The average molecular weight is 406 g/mol. The number of hydrogen-bond acceptors (Lipinski definition) is 1. The van der Waals surface area contributed by atoms with Gasteiger partial charge in [-0.05, 0) is 30.5 Å². The molecule has 1 unspecified atom stereocenters. The summed E-state index contributed by atoms with van der Waals surface area (Å²) in [6.07, 6.45) is 3.60. The lowest BCUT2D eigenvalue weighted by atomic mass is 10.1. The van der Waals surface area contributed by atoms with E-state index in [1.165, 1.54) is 0 Å². The van der Waals surface area contributed by atoms with E-state index in [4.69, 9.17) is 11.6 Å². The maximum absolute atomic E-state index is 12.3. The second-order valence-corrected chi connectivity index (χ2v) is 7.68. The number of rotatable bonds is 6. The molecule has 1 amide bonds. The van der Waals surface area contributed by atoms with Crippen molar-refractivity contribution in [1.29, 1.82) is 0 Å². The van der Waals surface area contributed by atoms with E-state index in [-0.39, 0.29) is 5.91 Å². The molecule has 0 saturated heterocycles. The van der Waals surface area contributed by atoms with Crippen molar-refractivity contribution < 1.29 is 4.79 Å². The van der Waals surface area contributed by atoms with E-state index in [0.29, 0.717) is 21.4 Å². The lowest BCUT2D eigenvalue weighted by Gasteiger charge is -2.23. The fraction of sp³-hybridized carbons (Fsp3) is 0.438. The average Bonchev–Trinajstić information content (AvgIpc) is 2.37. The Hall–Kier alpha value is -0.550. The molecule has 0 radical (unpaired) electrons. The van der Waals surface area contributed by atoms with Gasteiger partial charge >= 0.3 is 0 Å². The molecular weight excluding hydrogens is 385 g/mol. The van der Waals surface area contributed by atoms with Crippen LogP contribution >= 0.6 is 34.2 Å². The van der Waals surface area contributed by atoms with Crippen molar-refractivity contribution in [1.82, 2.24) is 4.90 Å². The zero-order valence-electron chi connectivity index (χ0n) is 12.1. The van der Waals surface area contributed by atoms with Gasteiger partial charge in [0, 0.05) is 28.1 Å². The summed E-state index contributed by atoms with van der Waals surface area (Å²) in [5, 5.41) is 0.717. The molecule has 0 aliphatic rings. The molecule has 0 fully saturated rings. The minimum absolute atomic E-state index is 0.0668. The van der Waals surface area contributed by atoms with Crippen LogP contribution in [0, 0.1) is 5.92 Å². The third-order valence-electron chi connectivity index (χ3n) is 2.69. The van der Waals surface area contributed by atoms with Crippen molar-refractivity contribution in [3.05, 3.63) is 47.0 Å². The predicted molar refractivity (Wildman–Crippen MR) is 94.3 cm³/mol. The Morgan fingerprint density at radius 2 is 1.90 bits per heavy atom. The summed E-state index contributed by atoms with van der Waals surface area (Å²) in [5.41, 5.74) is 1.10. The van der Waals surface area contributed by atoms with Crippen molar-refractivity contribution >= 4 is 40.1 Å². The number of benzene rings is 1. The summed E-state index contributed by atoms with van der Waals surface area (Å²) in [6, 6.07) is 7.65. The molecule has 1 aromatic carbocycles. The Morgan fingerprint density at radius 3 is 2.40 bits per heavy atom. The number of allylic oxidation sites excluding steroid dienone is 1. The summed E-state index contributed by atoms with van der Waals surface area (Å²) < 4.78 is 0.355. The summed E-state index contributed by atoms with van der Waals surface area (Å²) in [5.74, 6) is 0.508. The molecule has 0 heterocycles. The van der Waals surface area contributed by atoms with Gasteiger partial charge in [-0.3, -0.25) is 4.79 Å². The first-order valence-electron chi connectivity index (χ1n) is 6.74. The van der Waals surface area contributed by atoms with Crippen LogP contribution in [0.1, 0.15) is 26.3 Å². The SMILES string of the molecule is CC(I)/C=C/C(=O)N(Cc1ccc(Cl)cc1)CC(C)C. The van der Waals surface area contributed by atoms with Crippen LogP contribution in [-0.4, -0.2) is 21.3 Å². The first-order valence-corrected chi connectivity index (χ1v) is 8.36. The highest BCUT2D eigenvalue weighted by Crippen LogP contribution is 2.13. The molecule has 0 aliphatic heterocycles. The molecule has 0 aliphatic carbocycles. The second-order valence-electron chi connectivity index (χ2n) is 5.28. The van der Waals surface area contributed by atoms with E-state index in [1.54, 1.807) is 6.08 Å². The number of carbonyl (C=O) groups excluding carboxylic acids is 1. The zero-order valence-corrected chi connectivity index (χ0v) is 15.1. The molecule has 0 aromatic heterocycles. The van der Waals surface area contributed by atoms with E-state index in [1.807, 2.05) is 35.2 Å². The molecule has 0 bridgehead atoms. The van der Waals surface area contributed by atoms with Gasteiger partial charge in [0.25, 0.3) is 0 Å². The van der Waals surface area contributed by atoms with Crippen LogP contribution in [0.2, 0.25) is 5.02 Å². The monoisotopic (exact) mass is 405 g/mol. The van der Waals surface area contributed by atoms with Gasteiger partial charge in [-0.15, -0.1) is 0 Å². The lowest BCUT2D eigenvalue weighted by Crippen LogP contribution is -2.32. The fourth-order valence-corrected chi connectivity index (χ4v) is 2.14. The van der Waals surface area contributed by atoms with E-state index >= 15 is 0 Å². The molecule has 2 nitrogen and oxygen atoms in total. The molecule has 0 spiro atoms. The van der Waals surface area contributed by atoms with Gasteiger partial charge in [0.05, 0.1) is 0 Å². The third-order valence-corrected chi connectivity index (χ3v) is 3.36. The molecule has 1 rings (SSSR count). The Kier molecular flexibility index (Phi) is 7.59. The molecule has 4 heteroatoms. The first-order chi connectivity index (χ1) is 9.38. The Labute approximate surface area is 140 Å². The van der Waals surface area contributed by atoms with Crippen molar-refractivity contribution in [2.75, 3.05) is 6.54 Å². The Morgan fingerprint density at radius 1 is 1.30 bits per heavy atom. The van der Waals surface area contributed by atoms with Crippen LogP contribution in [0.15, 0.2) is 36.4 Å². The molecule has 0 saturated carbocycles. The van der Waals surface area contributed by atoms with Gasteiger partial charge in [0.1, 0.15) is 0 Å². The molecule has 20 heavy (non-hydrogen) atoms. The van der Waals surface area contributed by atoms with Crippen LogP contribution in [0.3, 0.4) is 0 Å². The van der Waals surface area contributed by atoms with Crippen LogP contribution in [0.4, 0.5) is 0 Å². The topological polar surface area (TPSA) is 20.3 Å². The molecule has 0 N–H and O–H groups in total. The van der Waals surface area contributed by atoms with Crippen molar-refractivity contribution in [2.45, 2.75) is 31.2 Å². The first kappa shape index (κ1) is 17.5. The highest BCUT2D eigenvalue weighted by atomic mass is 127. The number of alkyl halides is 1. The maximum Gasteiger partial charge on any atom is 0.246 e. The Bertz CT molecular complexity index is 454. The zero-order chi connectivity index (χ0) is 15.1. The summed E-state index contributed by atoms with van der Waals surface area (Å²) >= 11 is 8.17. The van der Waals surface area contributed by atoms with E-state index in [2.05, 4.69) is 43.4 Å². The van der Waals surface area contributed by atoms with Crippen molar-refractivity contribution in [3.63, 3.8) is 0 Å². The van der Waals surface area contributed by atoms with E-state index in [9.17, 15) is 4.79 Å². The van der Waals surface area contributed by atoms with Gasteiger partial charge in [0.2, 0.25) is 5.91 Å². The van der Waals surface area contributed by atoms with Gasteiger partial charge in [-0.2, -0.15) is 0 Å². The second kappa shape index (κ2) is 8.67. The van der Waals surface area contributed by atoms with Crippen LogP contribution < -0.4 is 0 Å². The van der Waals surface area contributed by atoms with Gasteiger partial charge in [0.15, 0.2) is 0 Å². The minimum Gasteiger partial charge on any atom is -0.335 e. The van der Waals surface area contributed by atoms with Gasteiger partial charge in [-0.1, -0.05) is 66.2 Å². The quantitative estimate of drug-likeness (QED) is 0.381. The predicted octanol–water partition coefficient (Wildman–Crippen LogP) is 4.70. The number of carbonyl (C=O) groups is 1. The van der Waals surface area contributed by atoms with Gasteiger partial charge in [-0.25, -0.2) is 0 Å². The largest absolute Gasteiger partial charge is 0.335 e. The standard InChI is InChI=1S/C16H21ClINO/c1-12(2)10-19(16(20)9-4-13(3)18)11-14-5-7-15(17)8-6-14/h4-9,12-13H,10-11H2,1-3H3/b9-4+. The molecule has 1 atom stereocenters. The molecule has 1 aromatic rings. The van der Waals surface area contributed by atoms with Crippen LogP contribution in [-0.2, 0) is 11.3 Å². The smallest absolute Gasteiger partial charge is 0.246 e. The Balaban J connectivity index is 2.78. The van der Waals surface area contributed by atoms with E-state index < -0.39 is 0 Å². The lowest BCUT2D eigenvalue weighted by molar-refractivity contribution is -0.127. The number of nitrogens with zero attached hydrogens (tertiary/aromatic N) is 1. The highest BCUT2D eigenvalue weighted by molar-refractivity contribution is 14.1. The van der Waals surface area contributed by atoms with Crippen LogP contribution in [0.5, 0.6) is 0 Å². The maximum atomic E-state index is 12.3. The fourth-order valence-electron chi connectivity index (χ4n) is 1.80. The van der Waals surface area contributed by atoms with E-state index in [0.717, 1.165) is 12.1 Å². The minimum atomic E-state index is 0.0668. The van der Waals surface area contributed by atoms with Crippen molar-refractivity contribution in [2.24, 2.45) is 5.92 Å². The highest BCUT2D eigenvalue weighted by Gasteiger charge is 2.13.